The van der Waals surface area contributed by atoms with Crippen molar-refractivity contribution < 1.29 is 9.47 Å². The molecule has 20 heavy (non-hydrogen) atoms. The van der Waals surface area contributed by atoms with Crippen LogP contribution in [0.5, 0.6) is 0 Å². The monoisotopic (exact) mass is 345 g/mol. The van der Waals surface area contributed by atoms with Crippen LogP contribution < -0.4 is 5.73 Å². The predicted molar refractivity (Wildman–Crippen MR) is 81.8 cm³/mol. The number of nitrogens with two attached hydrogens (primary N) is 1. The largest absolute Gasteiger partial charge is 0.381 e. The molecular weight excluding hydrogens is 322 g/mol. The first-order chi connectivity index (χ1) is 9.54. The van der Waals surface area contributed by atoms with Crippen LogP contribution in [0.1, 0.15) is 31.2 Å². The average molecular weight is 346 g/mol. The number of aromatic nitrogens is 2. The number of methoxy groups -OCH3 is 1. The van der Waals surface area contributed by atoms with E-state index in [1.165, 1.54) is 0 Å². The summed E-state index contributed by atoms with van der Waals surface area (Å²) >= 11 is 3.65. The lowest BCUT2D eigenvalue weighted by Crippen LogP contribution is -2.54. The van der Waals surface area contributed by atoms with Gasteiger partial charge in [-0.2, -0.15) is 5.10 Å². The van der Waals surface area contributed by atoms with E-state index in [-0.39, 0.29) is 11.6 Å². The van der Waals surface area contributed by atoms with Crippen LogP contribution in [0.3, 0.4) is 0 Å². The second-order valence-corrected chi connectivity index (χ2v) is 6.17. The lowest BCUT2D eigenvalue weighted by molar-refractivity contribution is -0.104. The van der Waals surface area contributed by atoms with Gasteiger partial charge in [-0.05, 0) is 22.4 Å². The third-order valence-corrected chi connectivity index (χ3v) is 5.25. The van der Waals surface area contributed by atoms with Crippen LogP contribution in [0.2, 0.25) is 0 Å². The molecule has 1 atom stereocenters. The fourth-order valence-corrected chi connectivity index (χ4v) is 3.66. The Morgan fingerprint density at radius 2 is 2.15 bits per heavy atom. The summed E-state index contributed by atoms with van der Waals surface area (Å²) in [5.74, 6) is 0. The van der Waals surface area contributed by atoms with Gasteiger partial charge in [-0.25, -0.2) is 0 Å². The molecule has 1 unspecified atom stereocenters. The molecule has 5 nitrogen and oxygen atoms in total. The Bertz CT molecular complexity index is 456. The fraction of sp³-hybridized carbons (Fsp3) is 0.786. The molecule has 0 spiro atoms. The highest BCUT2D eigenvalue weighted by atomic mass is 79.9. The van der Waals surface area contributed by atoms with Gasteiger partial charge >= 0.3 is 0 Å². The van der Waals surface area contributed by atoms with Gasteiger partial charge in [0.2, 0.25) is 0 Å². The third kappa shape index (κ3) is 2.93. The van der Waals surface area contributed by atoms with Gasteiger partial charge in [-0.1, -0.05) is 6.92 Å². The summed E-state index contributed by atoms with van der Waals surface area (Å²) < 4.78 is 14.2. The topological polar surface area (TPSA) is 62.3 Å². The second-order valence-electron chi connectivity index (χ2n) is 5.38. The zero-order valence-electron chi connectivity index (χ0n) is 12.5. The zero-order valence-corrected chi connectivity index (χ0v) is 14.1. The van der Waals surface area contributed by atoms with Crippen molar-refractivity contribution in [2.24, 2.45) is 12.8 Å². The van der Waals surface area contributed by atoms with Crippen molar-refractivity contribution >= 4 is 15.9 Å². The van der Waals surface area contributed by atoms with E-state index in [4.69, 9.17) is 15.2 Å². The van der Waals surface area contributed by atoms with Crippen LogP contribution in [-0.4, -0.2) is 41.7 Å². The minimum absolute atomic E-state index is 0.0622. The molecule has 0 aliphatic carbocycles. The molecule has 0 aromatic carbocycles. The first-order valence-corrected chi connectivity index (χ1v) is 7.92. The highest BCUT2D eigenvalue weighted by Crippen LogP contribution is 2.31. The number of aryl methyl sites for hydroxylation is 2. The Balaban J connectivity index is 2.18. The highest BCUT2D eigenvalue weighted by molar-refractivity contribution is 9.10. The van der Waals surface area contributed by atoms with Crippen molar-refractivity contribution in [2.75, 3.05) is 20.3 Å². The molecule has 0 radical (unpaired) electrons. The Morgan fingerprint density at radius 1 is 1.50 bits per heavy atom. The van der Waals surface area contributed by atoms with Gasteiger partial charge in [0.15, 0.2) is 0 Å². The smallest absolute Gasteiger partial charge is 0.0876 e. The van der Waals surface area contributed by atoms with Gasteiger partial charge in [-0.3, -0.25) is 4.68 Å². The molecule has 6 heteroatoms. The summed E-state index contributed by atoms with van der Waals surface area (Å²) in [5, 5.41) is 4.52. The number of hydrogen-bond acceptors (Lipinski definition) is 4. The Labute approximate surface area is 128 Å². The minimum atomic E-state index is -0.283. The van der Waals surface area contributed by atoms with Gasteiger partial charge in [0.1, 0.15) is 0 Å². The molecule has 1 saturated heterocycles. The molecule has 0 bridgehead atoms. The number of nitrogens with zero attached hydrogens (tertiary/aromatic N) is 2. The van der Waals surface area contributed by atoms with Gasteiger partial charge in [0, 0.05) is 52.7 Å². The van der Waals surface area contributed by atoms with Crippen LogP contribution in [0.25, 0.3) is 0 Å². The Hall–Kier alpha value is -0.430. The average Bonchev–Trinajstić information content (AvgIpc) is 2.75. The third-order valence-electron chi connectivity index (χ3n) is 4.34. The first-order valence-electron chi connectivity index (χ1n) is 7.12. The predicted octanol–water partition coefficient (Wildman–Crippen LogP) is 1.81. The maximum Gasteiger partial charge on any atom is 0.0876 e. The molecule has 2 rings (SSSR count). The first kappa shape index (κ1) is 15.9. The normalized spacial score (nSPS) is 20.1. The van der Waals surface area contributed by atoms with E-state index >= 15 is 0 Å². The van der Waals surface area contributed by atoms with Crippen LogP contribution in [0.4, 0.5) is 0 Å². The molecule has 1 aliphatic heterocycles. The molecular formula is C14H24BrN3O2. The summed E-state index contributed by atoms with van der Waals surface area (Å²) in [4.78, 5) is 0. The van der Waals surface area contributed by atoms with E-state index < -0.39 is 0 Å². The van der Waals surface area contributed by atoms with Gasteiger partial charge < -0.3 is 15.2 Å². The van der Waals surface area contributed by atoms with Crippen molar-refractivity contribution in [3.8, 4) is 0 Å². The van der Waals surface area contributed by atoms with E-state index in [1.54, 1.807) is 7.11 Å². The molecule has 1 fully saturated rings. The second kappa shape index (κ2) is 6.56. The molecule has 2 heterocycles. The number of rotatable bonds is 5. The molecule has 2 N–H and O–H groups in total. The fourth-order valence-electron chi connectivity index (χ4n) is 2.88. The SMILES string of the molecule is CCc1nn(C)c(CC(N)C2(OC)CCOCC2)c1Br. The lowest BCUT2D eigenvalue weighted by Gasteiger charge is -2.40. The lowest BCUT2D eigenvalue weighted by atomic mass is 9.84. The van der Waals surface area contributed by atoms with E-state index in [0.717, 1.165) is 41.5 Å². The maximum atomic E-state index is 6.47. The molecule has 1 aromatic heterocycles. The number of hydrogen-bond donors (Lipinski definition) is 1. The van der Waals surface area contributed by atoms with E-state index in [9.17, 15) is 0 Å². The van der Waals surface area contributed by atoms with Gasteiger partial charge in [0.05, 0.1) is 21.5 Å². The quantitative estimate of drug-likeness (QED) is 0.883. The Kier molecular flexibility index (Phi) is 5.23. The standard InChI is InChI=1S/C14H24BrN3O2/c1-4-10-13(15)11(18(2)17-10)9-12(16)14(19-3)5-7-20-8-6-14/h12H,4-9,16H2,1-3H3. The molecule has 1 aromatic rings. The number of halogens is 1. The van der Waals surface area contributed by atoms with Crippen LogP contribution in [-0.2, 0) is 29.4 Å². The van der Waals surface area contributed by atoms with Crippen LogP contribution in [0, 0.1) is 0 Å². The summed E-state index contributed by atoms with van der Waals surface area (Å²) in [6.45, 7) is 3.54. The summed E-state index contributed by atoms with van der Waals surface area (Å²) in [6.07, 6.45) is 3.35. The van der Waals surface area contributed by atoms with Crippen LogP contribution >= 0.6 is 15.9 Å². The summed E-state index contributed by atoms with van der Waals surface area (Å²) in [5.41, 5.74) is 8.40. The molecule has 0 saturated carbocycles. The molecule has 114 valence electrons. The maximum absolute atomic E-state index is 6.47. The van der Waals surface area contributed by atoms with Crippen molar-refractivity contribution in [2.45, 2.75) is 44.2 Å². The Morgan fingerprint density at radius 3 is 2.65 bits per heavy atom. The molecule has 0 amide bonds. The summed E-state index contributed by atoms with van der Waals surface area (Å²) in [7, 11) is 3.72. The molecule has 1 aliphatic rings. The number of ether oxygens (including phenoxy) is 2. The van der Waals surface area contributed by atoms with Crippen LogP contribution in [0.15, 0.2) is 4.47 Å². The van der Waals surface area contributed by atoms with Crippen molar-refractivity contribution in [1.82, 2.24) is 9.78 Å². The van der Waals surface area contributed by atoms with E-state index in [1.807, 2.05) is 11.7 Å². The van der Waals surface area contributed by atoms with Crippen molar-refractivity contribution in [1.29, 1.82) is 0 Å². The zero-order chi connectivity index (χ0) is 14.8. The summed E-state index contributed by atoms with van der Waals surface area (Å²) in [6, 6.07) is -0.0622. The highest BCUT2D eigenvalue weighted by Gasteiger charge is 2.39. The minimum Gasteiger partial charge on any atom is -0.381 e. The van der Waals surface area contributed by atoms with Gasteiger partial charge in [-0.15, -0.1) is 0 Å². The van der Waals surface area contributed by atoms with Crippen molar-refractivity contribution in [3.63, 3.8) is 0 Å². The van der Waals surface area contributed by atoms with Crippen molar-refractivity contribution in [3.05, 3.63) is 15.9 Å². The van der Waals surface area contributed by atoms with E-state index in [2.05, 4.69) is 28.0 Å². The van der Waals surface area contributed by atoms with Gasteiger partial charge in [0.25, 0.3) is 0 Å². The van der Waals surface area contributed by atoms with E-state index in [0.29, 0.717) is 13.2 Å².